The normalized spacial score (nSPS) is 21.9. The van der Waals surface area contributed by atoms with Crippen LogP contribution in [-0.4, -0.2) is 39.7 Å². The molecule has 3 heterocycles. The Balaban J connectivity index is 1.48. The maximum absolute atomic E-state index is 14.3. The van der Waals surface area contributed by atoms with Gasteiger partial charge in [0.25, 0.3) is 0 Å². The summed E-state index contributed by atoms with van der Waals surface area (Å²) in [5.74, 6) is 0.343. The fourth-order valence-corrected chi connectivity index (χ4v) is 4.79. The van der Waals surface area contributed by atoms with Gasteiger partial charge in [-0.15, -0.1) is 0 Å². The molecule has 2 aromatic rings. The molecule has 156 valence electrons. The van der Waals surface area contributed by atoms with Crippen LogP contribution < -0.4 is 5.32 Å². The number of halogens is 2. The lowest BCUT2D eigenvalue weighted by Gasteiger charge is -2.32. The molecule has 0 spiro atoms. The second-order valence-corrected chi connectivity index (χ2v) is 8.86. The van der Waals surface area contributed by atoms with E-state index in [4.69, 9.17) is 11.6 Å². The Morgan fingerprint density at radius 2 is 2.24 bits per heavy atom. The van der Waals surface area contributed by atoms with Crippen molar-refractivity contribution in [3.8, 4) is 0 Å². The van der Waals surface area contributed by atoms with E-state index in [1.807, 2.05) is 16.5 Å². The Bertz CT molecular complexity index is 912. The molecule has 1 saturated heterocycles. The minimum atomic E-state index is -0.330. The van der Waals surface area contributed by atoms with E-state index >= 15 is 0 Å². The smallest absolute Gasteiger partial charge is 0.223 e. The number of carbonyl (C=O) groups is 1. The summed E-state index contributed by atoms with van der Waals surface area (Å²) in [6, 6.07) is 5.20. The van der Waals surface area contributed by atoms with Crippen molar-refractivity contribution in [2.45, 2.75) is 58.7 Å². The molecule has 2 aliphatic rings. The molecule has 1 fully saturated rings. The van der Waals surface area contributed by atoms with Crippen molar-refractivity contribution >= 4 is 17.5 Å². The van der Waals surface area contributed by atoms with Gasteiger partial charge in [-0.3, -0.25) is 9.48 Å². The molecule has 1 N–H and O–H groups in total. The van der Waals surface area contributed by atoms with Crippen molar-refractivity contribution in [2.24, 2.45) is 5.92 Å². The molecule has 1 aromatic carbocycles. The highest BCUT2D eigenvalue weighted by molar-refractivity contribution is 6.30. The first kappa shape index (κ1) is 20.4. The van der Waals surface area contributed by atoms with Crippen LogP contribution in [0.1, 0.15) is 48.7 Å². The van der Waals surface area contributed by atoms with Gasteiger partial charge >= 0.3 is 0 Å². The number of fused-ring (bicyclic) bond motifs is 1. The number of amides is 1. The first-order valence-corrected chi connectivity index (χ1v) is 10.8. The molecule has 29 heavy (non-hydrogen) atoms. The number of hydrogen-bond acceptors (Lipinski definition) is 3. The molecular formula is C22H28ClFN4O. The van der Waals surface area contributed by atoms with Crippen LogP contribution in [0.3, 0.4) is 0 Å². The molecule has 2 unspecified atom stereocenters. The molecule has 7 heteroatoms. The van der Waals surface area contributed by atoms with Crippen molar-refractivity contribution in [3.63, 3.8) is 0 Å². The summed E-state index contributed by atoms with van der Waals surface area (Å²) in [6.07, 6.45) is 3.53. The largest absolute Gasteiger partial charge is 0.336 e. The Labute approximate surface area is 176 Å². The third-order valence-corrected chi connectivity index (χ3v) is 6.46. The summed E-state index contributed by atoms with van der Waals surface area (Å²) in [5, 5.41) is 8.47. The summed E-state index contributed by atoms with van der Waals surface area (Å²) >= 11 is 5.87. The highest BCUT2D eigenvalue weighted by Gasteiger charge is 2.29. The molecule has 4 rings (SSSR count). The number of aromatic nitrogens is 2. The topological polar surface area (TPSA) is 50.2 Å². The number of rotatable bonds is 4. The van der Waals surface area contributed by atoms with E-state index in [1.165, 1.54) is 11.6 Å². The molecule has 2 atom stereocenters. The standard InChI is InChI=1S/C22H28ClFN4O/c1-14-9-16(5-7-25-14)10-22(29)27-8-6-19-15(2)26-28(21(19)13-27)12-17-3-4-18(23)11-20(17)24/h3-4,11,14,16,25H,5-10,12-13H2,1-2H3. The molecule has 5 nitrogen and oxygen atoms in total. The lowest BCUT2D eigenvalue weighted by atomic mass is 9.90. The zero-order valence-corrected chi connectivity index (χ0v) is 17.8. The lowest BCUT2D eigenvalue weighted by Crippen LogP contribution is -2.40. The maximum atomic E-state index is 14.3. The number of piperidine rings is 1. The van der Waals surface area contributed by atoms with E-state index in [2.05, 4.69) is 17.3 Å². The second-order valence-electron chi connectivity index (χ2n) is 8.42. The lowest BCUT2D eigenvalue weighted by molar-refractivity contribution is -0.133. The number of nitrogens with one attached hydrogen (secondary N) is 1. The Morgan fingerprint density at radius 3 is 3.00 bits per heavy atom. The number of benzene rings is 1. The van der Waals surface area contributed by atoms with Crippen molar-refractivity contribution in [3.05, 3.63) is 51.6 Å². The predicted molar refractivity (Wildman–Crippen MR) is 111 cm³/mol. The summed E-state index contributed by atoms with van der Waals surface area (Å²) in [5.41, 5.74) is 3.73. The van der Waals surface area contributed by atoms with E-state index in [0.717, 1.165) is 43.7 Å². The van der Waals surface area contributed by atoms with Crippen LogP contribution in [0.4, 0.5) is 4.39 Å². The Morgan fingerprint density at radius 1 is 1.41 bits per heavy atom. The summed E-state index contributed by atoms with van der Waals surface area (Å²) in [4.78, 5) is 14.9. The Kier molecular flexibility index (Phi) is 5.93. The second kappa shape index (κ2) is 8.44. The van der Waals surface area contributed by atoms with Gasteiger partial charge in [0, 0.05) is 29.6 Å². The minimum Gasteiger partial charge on any atom is -0.336 e. The zero-order chi connectivity index (χ0) is 20.5. The first-order valence-electron chi connectivity index (χ1n) is 10.4. The monoisotopic (exact) mass is 418 g/mol. The van der Waals surface area contributed by atoms with Crippen molar-refractivity contribution in [1.29, 1.82) is 0 Å². The molecule has 0 saturated carbocycles. The van der Waals surface area contributed by atoms with Crippen LogP contribution in [0.25, 0.3) is 0 Å². The number of aryl methyl sites for hydroxylation is 1. The number of hydrogen-bond donors (Lipinski definition) is 1. The average molecular weight is 419 g/mol. The summed E-state index contributed by atoms with van der Waals surface area (Å²) in [6.45, 7) is 6.77. The number of nitrogens with zero attached hydrogens (tertiary/aromatic N) is 3. The predicted octanol–water partition coefficient (Wildman–Crippen LogP) is 3.70. The maximum Gasteiger partial charge on any atom is 0.223 e. The molecule has 0 aliphatic carbocycles. The minimum absolute atomic E-state index is 0.220. The van der Waals surface area contributed by atoms with Gasteiger partial charge in [-0.05, 0) is 63.3 Å². The molecule has 2 aliphatic heterocycles. The van der Waals surface area contributed by atoms with Crippen LogP contribution in [-0.2, 0) is 24.3 Å². The summed E-state index contributed by atoms with van der Waals surface area (Å²) in [7, 11) is 0. The van der Waals surface area contributed by atoms with Gasteiger partial charge in [-0.1, -0.05) is 17.7 Å². The van der Waals surface area contributed by atoms with Gasteiger partial charge in [-0.2, -0.15) is 5.10 Å². The highest BCUT2D eigenvalue weighted by atomic mass is 35.5. The quantitative estimate of drug-likeness (QED) is 0.823. The summed E-state index contributed by atoms with van der Waals surface area (Å²) < 4.78 is 16.1. The fraction of sp³-hybridized carbons (Fsp3) is 0.545. The van der Waals surface area contributed by atoms with Crippen LogP contribution >= 0.6 is 11.6 Å². The van der Waals surface area contributed by atoms with E-state index < -0.39 is 0 Å². The van der Waals surface area contributed by atoms with E-state index in [0.29, 0.717) is 42.1 Å². The number of carbonyl (C=O) groups excluding carboxylic acids is 1. The Hall–Kier alpha value is -1.92. The molecule has 1 aromatic heterocycles. The molecule has 1 amide bonds. The van der Waals surface area contributed by atoms with Crippen LogP contribution in [0.15, 0.2) is 18.2 Å². The third kappa shape index (κ3) is 4.48. The van der Waals surface area contributed by atoms with Gasteiger partial charge in [0.15, 0.2) is 0 Å². The zero-order valence-electron chi connectivity index (χ0n) is 17.0. The fourth-order valence-electron chi connectivity index (χ4n) is 4.63. The SMILES string of the molecule is Cc1nn(Cc2ccc(Cl)cc2F)c2c1CCN(C(=O)CC1CCNC(C)C1)C2. The van der Waals surface area contributed by atoms with Gasteiger partial charge < -0.3 is 10.2 Å². The van der Waals surface area contributed by atoms with Crippen LogP contribution in [0, 0.1) is 18.7 Å². The van der Waals surface area contributed by atoms with Crippen molar-refractivity contribution in [2.75, 3.05) is 13.1 Å². The molecule has 0 bridgehead atoms. The highest BCUT2D eigenvalue weighted by Crippen LogP contribution is 2.26. The average Bonchev–Trinajstić information content (AvgIpc) is 2.99. The van der Waals surface area contributed by atoms with Gasteiger partial charge in [0.2, 0.25) is 5.91 Å². The van der Waals surface area contributed by atoms with Gasteiger partial charge in [0.05, 0.1) is 24.5 Å². The third-order valence-electron chi connectivity index (χ3n) is 6.22. The van der Waals surface area contributed by atoms with E-state index in [1.54, 1.807) is 12.1 Å². The van der Waals surface area contributed by atoms with Crippen molar-refractivity contribution < 1.29 is 9.18 Å². The van der Waals surface area contributed by atoms with Gasteiger partial charge in [-0.25, -0.2) is 4.39 Å². The van der Waals surface area contributed by atoms with Crippen molar-refractivity contribution in [1.82, 2.24) is 20.0 Å². The van der Waals surface area contributed by atoms with E-state index in [-0.39, 0.29) is 11.7 Å². The first-order chi connectivity index (χ1) is 13.9. The van der Waals surface area contributed by atoms with E-state index in [9.17, 15) is 9.18 Å². The van der Waals surface area contributed by atoms with Gasteiger partial charge in [0.1, 0.15) is 5.82 Å². The molecule has 0 radical (unpaired) electrons. The van der Waals surface area contributed by atoms with Crippen LogP contribution in [0.5, 0.6) is 0 Å². The van der Waals surface area contributed by atoms with Crippen LogP contribution in [0.2, 0.25) is 5.02 Å². The molecular weight excluding hydrogens is 391 g/mol.